The van der Waals surface area contributed by atoms with Crippen molar-refractivity contribution in [3.8, 4) is 0 Å². The number of benzene rings is 2. The topological polar surface area (TPSA) is 80.9 Å². The van der Waals surface area contributed by atoms with Crippen LogP contribution in [0.3, 0.4) is 0 Å². The molecule has 2 aromatic heterocycles. The van der Waals surface area contributed by atoms with Crippen molar-refractivity contribution in [1.29, 1.82) is 0 Å². The van der Waals surface area contributed by atoms with Crippen molar-refractivity contribution in [2.45, 2.75) is 88.7 Å². The molecule has 0 bridgehead atoms. The van der Waals surface area contributed by atoms with E-state index in [0.29, 0.717) is 18.1 Å². The van der Waals surface area contributed by atoms with Crippen LogP contribution in [0.2, 0.25) is 0 Å². The van der Waals surface area contributed by atoms with Gasteiger partial charge in [0.15, 0.2) is 0 Å². The number of aromatic amines is 1. The van der Waals surface area contributed by atoms with Gasteiger partial charge in [0.2, 0.25) is 0 Å². The van der Waals surface area contributed by atoms with E-state index in [1.807, 2.05) is 6.20 Å². The lowest BCUT2D eigenvalue weighted by atomic mass is 9.90. The molecule has 41 heavy (non-hydrogen) atoms. The van der Waals surface area contributed by atoms with Gasteiger partial charge < -0.3 is 20.9 Å². The first kappa shape index (κ1) is 26.8. The Hall–Kier alpha value is -3.10. The Bertz CT molecular complexity index is 1370. The van der Waals surface area contributed by atoms with Crippen molar-refractivity contribution in [3.63, 3.8) is 0 Å². The second kappa shape index (κ2) is 12.4. The van der Waals surface area contributed by atoms with Crippen LogP contribution in [0, 0.1) is 0 Å². The van der Waals surface area contributed by atoms with Gasteiger partial charge in [-0.2, -0.15) is 0 Å². The van der Waals surface area contributed by atoms with Gasteiger partial charge in [0.1, 0.15) is 5.82 Å². The molecule has 0 radical (unpaired) electrons. The first-order valence-corrected chi connectivity index (χ1v) is 15.7. The van der Waals surface area contributed by atoms with Crippen LogP contribution in [0.15, 0.2) is 66.9 Å². The molecule has 3 aliphatic rings. The van der Waals surface area contributed by atoms with Gasteiger partial charge in [-0.3, -0.25) is 9.88 Å². The van der Waals surface area contributed by atoms with Crippen LogP contribution < -0.4 is 16.0 Å². The molecular formula is C34H43N7. The molecule has 1 aliphatic carbocycles. The Labute approximate surface area is 243 Å². The van der Waals surface area contributed by atoms with E-state index in [1.54, 1.807) is 0 Å². The van der Waals surface area contributed by atoms with Crippen molar-refractivity contribution >= 4 is 11.0 Å². The zero-order chi connectivity index (χ0) is 27.4. The minimum absolute atomic E-state index is 0.285. The van der Waals surface area contributed by atoms with Crippen molar-refractivity contribution in [1.82, 2.24) is 35.8 Å². The molecule has 3 atom stereocenters. The van der Waals surface area contributed by atoms with E-state index < -0.39 is 0 Å². The van der Waals surface area contributed by atoms with Crippen LogP contribution in [-0.4, -0.2) is 51.1 Å². The van der Waals surface area contributed by atoms with Gasteiger partial charge in [-0.25, -0.2) is 4.98 Å². The van der Waals surface area contributed by atoms with Crippen molar-refractivity contribution in [2.75, 3.05) is 13.1 Å². The molecule has 2 fully saturated rings. The predicted octanol–water partition coefficient (Wildman–Crippen LogP) is 5.00. The van der Waals surface area contributed by atoms with E-state index in [0.717, 1.165) is 62.4 Å². The number of imidazole rings is 1. The molecule has 3 unspecified atom stereocenters. The quantitative estimate of drug-likeness (QED) is 0.223. The summed E-state index contributed by atoms with van der Waals surface area (Å²) < 4.78 is 0. The second-order valence-electron chi connectivity index (χ2n) is 12.2. The summed E-state index contributed by atoms with van der Waals surface area (Å²) in [5.74, 6) is 1.02. The smallest absolute Gasteiger partial charge is 0.121 e. The molecule has 0 spiro atoms. The number of aromatic nitrogens is 3. The maximum Gasteiger partial charge on any atom is 0.121 e. The Balaban J connectivity index is 1.08. The van der Waals surface area contributed by atoms with Crippen molar-refractivity contribution in [2.24, 2.45) is 0 Å². The number of nitrogens with zero attached hydrogens (tertiary/aromatic N) is 3. The van der Waals surface area contributed by atoms with Gasteiger partial charge in [0, 0.05) is 37.4 Å². The molecule has 0 saturated carbocycles. The Morgan fingerprint density at radius 1 is 0.829 bits per heavy atom. The van der Waals surface area contributed by atoms with E-state index in [9.17, 15) is 0 Å². The lowest BCUT2D eigenvalue weighted by Crippen LogP contribution is -2.54. The summed E-state index contributed by atoms with van der Waals surface area (Å²) >= 11 is 0. The van der Waals surface area contributed by atoms with E-state index >= 15 is 0 Å². The standard InChI is InChI=1S/C34H43N7/c1-2-10-28-27(9-1)39-32(40-28)23-41(31-13-3-7-26-8-4-20-37-33(26)31)22-25-16-14-24(15-17-25)21-38-34(29-11-5-18-35-29)30-12-6-19-36-30/h1-2,4,8-10,14-17,20,29-31,34-36,38H,3,5-7,11-13,18-19,21-23H2,(H,39,40). The highest BCUT2D eigenvalue weighted by Crippen LogP contribution is 2.34. The van der Waals surface area contributed by atoms with Gasteiger partial charge in [-0.1, -0.05) is 42.5 Å². The number of nitrogens with one attached hydrogen (secondary N) is 4. The van der Waals surface area contributed by atoms with Gasteiger partial charge in [-0.05, 0) is 92.9 Å². The zero-order valence-corrected chi connectivity index (χ0v) is 24.0. The monoisotopic (exact) mass is 549 g/mol. The molecule has 7 heteroatoms. The SMILES string of the molecule is c1cnc2c(c1)CCCC2N(Cc1ccc(CNC(C2CCCN2)C2CCCN2)cc1)Cc1nc2ccccc2[nH]1. The molecule has 4 aromatic rings. The second-order valence-corrected chi connectivity index (χ2v) is 12.2. The van der Waals surface area contributed by atoms with Crippen LogP contribution in [0.25, 0.3) is 11.0 Å². The van der Waals surface area contributed by atoms with Crippen LogP contribution in [-0.2, 0) is 26.1 Å². The molecule has 7 rings (SSSR count). The van der Waals surface area contributed by atoms with Crippen molar-refractivity contribution < 1.29 is 0 Å². The van der Waals surface area contributed by atoms with E-state index in [-0.39, 0.29) is 6.04 Å². The molecular weight excluding hydrogens is 506 g/mol. The summed E-state index contributed by atoms with van der Waals surface area (Å²) in [6.45, 7) is 4.84. The highest BCUT2D eigenvalue weighted by molar-refractivity contribution is 5.74. The summed E-state index contributed by atoms with van der Waals surface area (Å²) in [5.41, 5.74) is 7.44. The number of pyridine rings is 1. The Morgan fingerprint density at radius 2 is 1.61 bits per heavy atom. The normalized spacial score (nSPS) is 23.3. The Kier molecular flexibility index (Phi) is 8.11. The number of aryl methyl sites for hydroxylation is 1. The van der Waals surface area contributed by atoms with E-state index in [1.165, 1.54) is 54.5 Å². The molecule has 0 amide bonds. The lowest BCUT2D eigenvalue weighted by Gasteiger charge is -2.34. The lowest BCUT2D eigenvalue weighted by molar-refractivity contribution is 0.153. The van der Waals surface area contributed by atoms with Crippen LogP contribution in [0.1, 0.15) is 72.8 Å². The van der Waals surface area contributed by atoms with Crippen LogP contribution in [0.5, 0.6) is 0 Å². The van der Waals surface area contributed by atoms with Crippen LogP contribution in [0.4, 0.5) is 0 Å². The van der Waals surface area contributed by atoms with Crippen LogP contribution >= 0.6 is 0 Å². The third-order valence-corrected chi connectivity index (χ3v) is 9.41. The molecule has 2 saturated heterocycles. The fourth-order valence-corrected chi connectivity index (χ4v) is 7.32. The summed E-state index contributed by atoms with van der Waals surface area (Å²) in [7, 11) is 0. The largest absolute Gasteiger partial charge is 0.341 e. The summed E-state index contributed by atoms with van der Waals surface area (Å²) in [4.78, 5) is 15.9. The van der Waals surface area contributed by atoms with E-state index in [4.69, 9.17) is 9.97 Å². The number of hydrogen-bond donors (Lipinski definition) is 4. The third-order valence-electron chi connectivity index (χ3n) is 9.41. The summed E-state index contributed by atoms with van der Waals surface area (Å²) in [6.07, 6.45) is 10.5. The van der Waals surface area contributed by atoms with Gasteiger partial charge in [0.25, 0.3) is 0 Å². The molecule has 2 aliphatic heterocycles. The average Bonchev–Trinajstić information content (AvgIpc) is 3.80. The fourth-order valence-electron chi connectivity index (χ4n) is 7.32. The third kappa shape index (κ3) is 6.09. The number of H-pyrrole nitrogens is 1. The Morgan fingerprint density at radius 3 is 2.37 bits per heavy atom. The van der Waals surface area contributed by atoms with Crippen molar-refractivity contribution in [3.05, 3.63) is 95.1 Å². The first-order chi connectivity index (χ1) is 20.3. The fraction of sp³-hybridized carbons (Fsp3) is 0.471. The minimum atomic E-state index is 0.285. The van der Waals surface area contributed by atoms with Gasteiger partial charge in [0.05, 0.1) is 29.3 Å². The zero-order valence-electron chi connectivity index (χ0n) is 24.0. The molecule has 214 valence electrons. The molecule has 2 aromatic carbocycles. The number of hydrogen-bond acceptors (Lipinski definition) is 6. The number of para-hydroxylation sites is 2. The maximum atomic E-state index is 4.93. The van der Waals surface area contributed by atoms with Gasteiger partial charge >= 0.3 is 0 Å². The molecule has 4 heterocycles. The average molecular weight is 550 g/mol. The summed E-state index contributed by atoms with van der Waals surface area (Å²) in [5, 5.41) is 11.4. The number of fused-ring (bicyclic) bond motifs is 2. The van der Waals surface area contributed by atoms with Gasteiger partial charge in [-0.15, -0.1) is 0 Å². The maximum absolute atomic E-state index is 4.93. The molecule has 7 nitrogen and oxygen atoms in total. The predicted molar refractivity (Wildman–Crippen MR) is 164 cm³/mol. The highest BCUT2D eigenvalue weighted by atomic mass is 15.2. The van der Waals surface area contributed by atoms with E-state index in [2.05, 4.69) is 86.5 Å². The first-order valence-electron chi connectivity index (χ1n) is 15.7. The highest BCUT2D eigenvalue weighted by Gasteiger charge is 2.32. The summed E-state index contributed by atoms with van der Waals surface area (Å²) in [6, 6.07) is 23.8. The number of rotatable bonds is 10. The minimum Gasteiger partial charge on any atom is -0.341 e. The molecule has 4 N–H and O–H groups in total.